The van der Waals surface area contributed by atoms with Gasteiger partial charge in [-0.05, 0) is 39.2 Å². The molecule has 2 nitrogen and oxygen atoms in total. The van der Waals surface area contributed by atoms with E-state index in [0.29, 0.717) is 0 Å². The molecule has 0 aromatic heterocycles. The number of carbonyl (C=O) groups is 1. The first-order chi connectivity index (χ1) is 7.96. The fourth-order valence-corrected chi connectivity index (χ4v) is 1.67. The number of hydrogen-bond donors (Lipinski definition) is 1. The molecule has 0 aliphatic carbocycles. The van der Waals surface area contributed by atoms with E-state index in [1.54, 1.807) is 7.05 Å². The minimum absolute atomic E-state index is 0.0213. The van der Waals surface area contributed by atoms with Crippen LogP contribution < -0.4 is 5.32 Å². The third kappa shape index (κ3) is 5.53. The average Bonchev–Trinajstić information content (AvgIpc) is 2.33. The van der Waals surface area contributed by atoms with E-state index < -0.39 is 0 Å². The third-order valence-corrected chi connectivity index (χ3v) is 2.89. The van der Waals surface area contributed by atoms with Crippen molar-refractivity contribution in [2.24, 2.45) is 0 Å². The highest BCUT2D eigenvalue weighted by Crippen LogP contribution is 2.16. The van der Waals surface area contributed by atoms with Gasteiger partial charge in [0.15, 0.2) is 0 Å². The largest absolute Gasteiger partial charge is 0.355 e. The molecule has 0 saturated carbocycles. The lowest BCUT2D eigenvalue weighted by Crippen LogP contribution is -2.18. The van der Waals surface area contributed by atoms with Crippen molar-refractivity contribution in [2.45, 2.75) is 47.5 Å². The molecule has 0 bridgehead atoms. The van der Waals surface area contributed by atoms with Crippen molar-refractivity contribution in [2.75, 3.05) is 7.05 Å². The zero-order valence-corrected chi connectivity index (χ0v) is 12.0. The van der Waals surface area contributed by atoms with Crippen LogP contribution in [0, 0.1) is 0 Å². The van der Waals surface area contributed by atoms with Gasteiger partial charge >= 0.3 is 0 Å². The molecule has 0 rings (SSSR count). The quantitative estimate of drug-likeness (QED) is 0.570. The molecule has 0 aliphatic rings. The molecule has 0 unspecified atom stereocenters. The molecule has 96 valence electrons. The number of rotatable bonds is 5. The Balaban J connectivity index is 5.04. The molecule has 0 aromatic carbocycles. The molecule has 17 heavy (non-hydrogen) atoms. The first kappa shape index (κ1) is 15.7. The van der Waals surface area contributed by atoms with Crippen LogP contribution in [0.4, 0.5) is 0 Å². The molecule has 0 fully saturated rings. The minimum Gasteiger partial charge on any atom is -0.355 e. The van der Waals surface area contributed by atoms with Gasteiger partial charge in [0.25, 0.3) is 0 Å². The second-order valence-corrected chi connectivity index (χ2v) is 4.31. The molecule has 1 N–H and O–H groups in total. The summed E-state index contributed by atoms with van der Waals surface area (Å²) in [7, 11) is 1.65. The molecule has 0 aromatic rings. The zero-order chi connectivity index (χ0) is 13.4. The second kappa shape index (κ2) is 7.88. The van der Waals surface area contributed by atoms with Gasteiger partial charge in [-0.3, -0.25) is 4.79 Å². The Bertz CT molecular complexity index is 359. The molecule has 2 heteroatoms. The van der Waals surface area contributed by atoms with Crippen molar-refractivity contribution in [3.05, 3.63) is 34.4 Å². The summed E-state index contributed by atoms with van der Waals surface area (Å²) in [5, 5.41) is 2.62. The first-order valence-electron chi connectivity index (χ1n) is 6.23. The standard InChI is InChI=1S/C15H25NO/c1-7-12(4)14(8-2)10-11(3)9-13(5)15(17)16-6/h9-10H,7-8H2,1-6H3,(H,16,17)/b11-10-,13-9+,14-12+. The normalized spacial score (nSPS) is 14.5. The third-order valence-electron chi connectivity index (χ3n) is 2.89. The van der Waals surface area contributed by atoms with Crippen molar-refractivity contribution < 1.29 is 4.79 Å². The predicted molar refractivity (Wildman–Crippen MR) is 74.9 cm³/mol. The maximum atomic E-state index is 11.4. The molecule has 0 radical (unpaired) electrons. The maximum absolute atomic E-state index is 11.4. The number of allylic oxidation sites excluding steroid dienone is 5. The molecule has 0 spiro atoms. The number of nitrogens with one attached hydrogen (secondary N) is 1. The van der Waals surface area contributed by atoms with Gasteiger partial charge in [-0.25, -0.2) is 0 Å². The van der Waals surface area contributed by atoms with Gasteiger partial charge in [-0.1, -0.05) is 37.1 Å². The van der Waals surface area contributed by atoms with E-state index in [0.717, 1.165) is 24.0 Å². The smallest absolute Gasteiger partial charge is 0.246 e. The Kier molecular flexibility index (Phi) is 7.27. The van der Waals surface area contributed by atoms with Crippen LogP contribution in [0.5, 0.6) is 0 Å². The van der Waals surface area contributed by atoms with E-state index in [2.05, 4.69) is 32.2 Å². The Hall–Kier alpha value is -1.31. The van der Waals surface area contributed by atoms with Gasteiger partial charge in [0.2, 0.25) is 5.91 Å². The topological polar surface area (TPSA) is 29.1 Å². The second-order valence-electron chi connectivity index (χ2n) is 4.31. The SMILES string of the molecule is CC/C(C)=C(/C=C(C)\C=C(/C)C(=O)NC)CC. The number of amides is 1. The van der Waals surface area contributed by atoms with Crippen LogP contribution in [0.25, 0.3) is 0 Å². The highest BCUT2D eigenvalue weighted by Gasteiger charge is 2.01. The number of carbonyl (C=O) groups excluding carboxylic acids is 1. The lowest BCUT2D eigenvalue weighted by molar-refractivity contribution is -0.116. The molecular formula is C15H25NO. The summed E-state index contributed by atoms with van der Waals surface area (Å²) >= 11 is 0. The zero-order valence-electron chi connectivity index (χ0n) is 12.0. The van der Waals surface area contributed by atoms with Crippen LogP contribution in [0.3, 0.4) is 0 Å². The van der Waals surface area contributed by atoms with Gasteiger partial charge in [0, 0.05) is 12.6 Å². The van der Waals surface area contributed by atoms with Crippen molar-refractivity contribution in [1.82, 2.24) is 5.32 Å². The van der Waals surface area contributed by atoms with Crippen molar-refractivity contribution in [3.8, 4) is 0 Å². The van der Waals surface area contributed by atoms with Gasteiger partial charge in [-0.15, -0.1) is 0 Å². The molecule has 0 aliphatic heterocycles. The van der Waals surface area contributed by atoms with E-state index in [-0.39, 0.29) is 5.91 Å². The number of hydrogen-bond acceptors (Lipinski definition) is 1. The Labute approximate surface area is 105 Å². The van der Waals surface area contributed by atoms with Crippen molar-refractivity contribution >= 4 is 5.91 Å². The highest BCUT2D eigenvalue weighted by atomic mass is 16.1. The average molecular weight is 235 g/mol. The summed E-state index contributed by atoms with van der Waals surface area (Å²) in [4.78, 5) is 11.4. The van der Waals surface area contributed by atoms with E-state index in [9.17, 15) is 4.79 Å². The summed E-state index contributed by atoms with van der Waals surface area (Å²) in [5.74, 6) is -0.0213. The summed E-state index contributed by atoms with van der Waals surface area (Å²) in [6.07, 6.45) is 6.21. The van der Waals surface area contributed by atoms with E-state index in [1.165, 1.54) is 11.1 Å². The van der Waals surface area contributed by atoms with Gasteiger partial charge in [0.1, 0.15) is 0 Å². The Morgan fingerprint density at radius 2 is 1.65 bits per heavy atom. The lowest BCUT2D eigenvalue weighted by Gasteiger charge is -2.05. The van der Waals surface area contributed by atoms with E-state index >= 15 is 0 Å². The molecule has 1 amide bonds. The summed E-state index contributed by atoms with van der Waals surface area (Å²) in [5.41, 5.74) is 4.64. The van der Waals surface area contributed by atoms with Crippen molar-refractivity contribution in [1.29, 1.82) is 0 Å². The van der Waals surface area contributed by atoms with Crippen LogP contribution in [-0.4, -0.2) is 13.0 Å². The van der Waals surface area contributed by atoms with Crippen LogP contribution in [0.15, 0.2) is 34.4 Å². The summed E-state index contributed by atoms with van der Waals surface area (Å²) in [6, 6.07) is 0. The van der Waals surface area contributed by atoms with Crippen LogP contribution >= 0.6 is 0 Å². The first-order valence-corrected chi connectivity index (χ1v) is 6.23. The van der Waals surface area contributed by atoms with Crippen LogP contribution in [0.2, 0.25) is 0 Å². The van der Waals surface area contributed by atoms with E-state index in [1.807, 2.05) is 19.9 Å². The molecule has 0 heterocycles. The van der Waals surface area contributed by atoms with Crippen LogP contribution in [-0.2, 0) is 4.79 Å². The maximum Gasteiger partial charge on any atom is 0.246 e. The van der Waals surface area contributed by atoms with Gasteiger partial charge < -0.3 is 5.32 Å². The lowest BCUT2D eigenvalue weighted by atomic mass is 10.0. The summed E-state index contributed by atoms with van der Waals surface area (Å²) < 4.78 is 0. The fraction of sp³-hybridized carbons (Fsp3) is 0.533. The number of likely N-dealkylation sites (N-methyl/N-ethyl adjacent to an activating group) is 1. The highest BCUT2D eigenvalue weighted by molar-refractivity contribution is 5.93. The molecule has 0 saturated heterocycles. The van der Waals surface area contributed by atoms with Gasteiger partial charge in [-0.2, -0.15) is 0 Å². The summed E-state index contributed by atoms with van der Waals surface area (Å²) in [6.45, 7) is 10.4. The molecular weight excluding hydrogens is 210 g/mol. The minimum atomic E-state index is -0.0213. The monoisotopic (exact) mass is 235 g/mol. The van der Waals surface area contributed by atoms with Gasteiger partial charge in [0.05, 0.1) is 0 Å². The molecule has 0 atom stereocenters. The Morgan fingerprint density at radius 1 is 1.06 bits per heavy atom. The fourth-order valence-electron chi connectivity index (χ4n) is 1.67. The Morgan fingerprint density at radius 3 is 2.06 bits per heavy atom. The van der Waals surface area contributed by atoms with Crippen LogP contribution in [0.1, 0.15) is 47.5 Å². The predicted octanol–water partition coefficient (Wildman–Crippen LogP) is 3.76. The van der Waals surface area contributed by atoms with E-state index in [4.69, 9.17) is 0 Å². The van der Waals surface area contributed by atoms with Crippen molar-refractivity contribution in [3.63, 3.8) is 0 Å².